The summed E-state index contributed by atoms with van der Waals surface area (Å²) in [5, 5.41) is 0. The molecule has 82 valence electrons. The molecule has 1 saturated heterocycles. The second kappa shape index (κ2) is 4.75. The van der Waals surface area contributed by atoms with Gasteiger partial charge in [0.05, 0.1) is 13.5 Å². The van der Waals surface area contributed by atoms with Crippen molar-refractivity contribution in [1.29, 1.82) is 0 Å². The van der Waals surface area contributed by atoms with Gasteiger partial charge in [0, 0.05) is 25.2 Å². The zero-order chi connectivity index (χ0) is 10.7. The second-order valence-corrected chi connectivity index (χ2v) is 4.16. The van der Waals surface area contributed by atoms with E-state index in [0.29, 0.717) is 18.5 Å². The van der Waals surface area contributed by atoms with Crippen LogP contribution in [-0.4, -0.2) is 62.1 Å². The van der Waals surface area contributed by atoms with Gasteiger partial charge in [0.15, 0.2) is 0 Å². The zero-order valence-corrected chi connectivity index (χ0v) is 9.49. The van der Waals surface area contributed by atoms with Gasteiger partial charge in [-0.05, 0) is 21.0 Å². The van der Waals surface area contributed by atoms with E-state index in [1.165, 1.54) is 7.11 Å². The smallest absolute Gasteiger partial charge is 0.307 e. The standard InChI is InChI=1S/C10H20N2O2/c1-8-6-12(3)9(7-11(8)2)5-10(13)14-4/h8-9H,5-7H2,1-4H3. The molecule has 1 rings (SSSR count). The summed E-state index contributed by atoms with van der Waals surface area (Å²) in [7, 11) is 5.61. The van der Waals surface area contributed by atoms with Gasteiger partial charge in [0.25, 0.3) is 0 Å². The maximum absolute atomic E-state index is 11.1. The van der Waals surface area contributed by atoms with Crippen molar-refractivity contribution in [3.8, 4) is 0 Å². The fourth-order valence-corrected chi connectivity index (χ4v) is 1.85. The van der Waals surface area contributed by atoms with Gasteiger partial charge < -0.3 is 14.5 Å². The third kappa shape index (κ3) is 2.69. The molecule has 0 bridgehead atoms. The lowest BCUT2D eigenvalue weighted by Gasteiger charge is -2.41. The van der Waals surface area contributed by atoms with E-state index in [1.807, 2.05) is 0 Å². The highest BCUT2D eigenvalue weighted by Gasteiger charge is 2.28. The summed E-state index contributed by atoms with van der Waals surface area (Å²) in [5.41, 5.74) is 0. The number of carbonyl (C=O) groups excluding carboxylic acids is 1. The van der Waals surface area contributed by atoms with Gasteiger partial charge in [-0.25, -0.2) is 0 Å². The quantitative estimate of drug-likeness (QED) is 0.595. The van der Waals surface area contributed by atoms with E-state index < -0.39 is 0 Å². The van der Waals surface area contributed by atoms with Crippen LogP contribution in [0.5, 0.6) is 0 Å². The number of hydrogen-bond donors (Lipinski definition) is 0. The molecule has 0 saturated carbocycles. The molecule has 0 radical (unpaired) electrons. The molecule has 0 aromatic carbocycles. The molecule has 1 aliphatic rings. The molecule has 0 N–H and O–H groups in total. The first-order chi connectivity index (χ1) is 6.54. The molecule has 0 aromatic heterocycles. The molecule has 4 heteroatoms. The van der Waals surface area contributed by atoms with Crippen molar-refractivity contribution in [2.45, 2.75) is 25.4 Å². The Morgan fingerprint density at radius 2 is 2.00 bits per heavy atom. The van der Waals surface area contributed by atoms with Crippen molar-refractivity contribution in [2.24, 2.45) is 0 Å². The lowest BCUT2D eigenvalue weighted by molar-refractivity contribution is -0.142. The molecule has 1 fully saturated rings. The average Bonchev–Trinajstić information content (AvgIpc) is 2.14. The Hall–Kier alpha value is -0.610. The minimum atomic E-state index is -0.121. The zero-order valence-electron chi connectivity index (χ0n) is 9.49. The van der Waals surface area contributed by atoms with E-state index in [2.05, 4.69) is 35.6 Å². The molecule has 1 heterocycles. The Morgan fingerprint density at radius 1 is 1.36 bits per heavy atom. The normalized spacial score (nSPS) is 30.3. The third-order valence-electron chi connectivity index (χ3n) is 3.06. The Balaban J connectivity index is 2.48. The van der Waals surface area contributed by atoms with Gasteiger partial charge >= 0.3 is 5.97 Å². The average molecular weight is 200 g/mol. The number of esters is 1. The predicted octanol–water partition coefficient (Wildman–Crippen LogP) is 0.184. The first-order valence-corrected chi connectivity index (χ1v) is 5.02. The molecule has 0 amide bonds. The van der Waals surface area contributed by atoms with E-state index >= 15 is 0 Å². The molecule has 0 aromatic rings. The van der Waals surface area contributed by atoms with Crippen molar-refractivity contribution in [3.63, 3.8) is 0 Å². The number of ether oxygens (including phenoxy) is 1. The topological polar surface area (TPSA) is 32.8 Å². The van der Waals surface area contributed by atoms with Crippen LogP contribution in [0.3, 0.4) is 0 Å². The Labute approximate surface area is 85.8 Å². The molecule has 4 nitrogen and oxygen atoms in total. The molecule has 0 spiro atoms. The van der Waals surface area contributed by atoms with Crippen LogP contribution in [0.4, 0.5) is 0 Å². The lowest BCUT2D eigenvalue weighted by atomic mass is 10.1. The van der Waals surface area contributed by atoms with E-state index in [1.54, 1.807) is 0 Å². The molecular weight excluding hydrogens is 180 g/mol. The van der Waals surface area contributed by atoms with Crippen molar-refractivity contribution < 1.29 is 9.53 Å². The largest absolute Gasteiger partial charge is 0.469 e. The number of likely N-dealkylation sites (N-methyl/N-ethyl adjacent to an activating group) is 2. The highest BCUT2D eigenvalue weighted by Crippen LogP contribution is 2.14. The summed E-state index contributed by atoms with van der Waals surface area (Å²) in [5.74, 6) is -0.121. The number of carbonyl (C=O) groups is 1. The van der Waals surface area contributed by atoms with E-state index in [-0.39, 0.29) is 5.97 Å². The van der Waals surface area contributed by atoms with Crippen LogP contribution in [0.15, 0.2) is 0 Å². The van der Waals surface area contributed by atoms with Gasteiger partial charge in [-0.3, -0.25) is 4.79 Å². The number of nitrogens with zero attached hydrogens (tertiary/aromatic N) is 2. The van der Waals surface area contributed by atoms with Crippen LogP contribution < -0.4 is 0 Å². The number of methoxy groups -OCH3 is 1. The Morgan fingerprint density at radius 3 is 2.57 bits per heavy atom. The fraction of sp³-hybridized carbons (Fsp3) is 0.900. The number of rotatable bonds is 2. The highest BCUT2D eigenvalue weighted by molar-refractivity contribution is 5.69. The molecule has 0 aliphatic carbocycles. The van der Waals surface area contributed by atoms with Crippen LogP contribution in [0, 0.1) is 0 Å². The minimum Gasteiger partial charge on any atom is -0.469 e. The Kier molecular flexibility index (Phi) is 3.89. The molecular formula is C10H20N2O2. The number of piperazine rings is 1. The van der Waals surface area contributed by atoms with Crippen molar-refractivity contribution >= 4 is 5.97 Å². The molecule has 2 unspecified atom stereocenters. The van der Waals surface area contributed by atoms with Gasteiger partial charge in [0.1, 0.15) is 0 Å². The van der Waals surface area contributed by atoms with Gasteiger partial charge in [-0.2, -0.15) is 0 Å². The van der Waals surface area contributed by atoms with Crippen LogP contribution >= 0.6 is 0 Å². The van der Waals surface area contributed by atoms with E-state index in [4.69, 9.17) is 0 Å². The first-order valence-electron chi connectivity index (χ1n) is 5.02. The Bertz CT molecular complexity index is 208. The second-order valence-electron chi connectivity index (χ2n) is 4.16. The van der Waals surface area contributed by atoms with Crippen LogP contribution in [0.1, 0.15) is 13.3 Å². The first kappa shape index (κ1) is 11.5. The minimum absolute atomic E-state index is 0.121. The summed E-state index contributed by atoms with van der Waals surface area (Å²) in [6.07, 6.45) is 0.490. The van der Waals surface area contributed by atoms with Crippen LogP contribution in [0.2, 0.25) is 0 Å². The van der Waals surface area contributed by atoms with Crippen molar-refractivity contribution in [1.82, 2.24) is 9.80 Å². The fourth-order valence-electron chi connectivity index (χ4n) is 1.85. The summed E-state index contributed by atoms with van der Waals surface area (Å²) in [6.45, 7) is 4.15. The molecule has 1 aliphatic heterocycles. The highest BCUT2D eigenvalue weighted by atomic mass is 16.5. The van der Waals surface area contributed by atoms with E-state index in [9.17, 15) is 4.79 Å². The predicted molar refractivity (Wildman–Crippen MR) is 55.1 cm³/mol. The molecule has 2 atom stereocenters. The lowest BCUT2D eigenvalue weighted by Crippen LogP contribution is -2.54. The SMILES string of the molecule is COC(=O)CC1CN(C)C(C)CN1C. The maximum Gasteiger partial charge on any atom is 0.307 e. The van der Waals surface area contributed by atoms with Crippen molar-refractivity contribution in [2.75, 3.05) is 34.3 Å². The van der Waals surface area contributed by atoms with Crippen molar-refractivity contribution in [3.05, 3.63) is 0 Å². The van der Waals surface area contributed by atoms with Gasteiger partial charge in [0.2, 0.25) is 0 Å². The maximum atomic E-state index is 11.1. The number of hydrogen-bond acceptors (Lipinski definition) is 4. The van der Waals surface area contributed by atoms with Crippen LogP contribution in [0.25, 0.3) is 0 Å². The summed E-state index contributed by atoms with van der Waals surface area (Å²) < 4.78 is 4.68. The summed E-state index contributed by atoms with van der Waals surface area (Å²) in [4.78, 5) is 15.7. The third-order valence-corrected chi connectivity index (χ3v) is 3.06. The van der Waals surface area contributed by atoms with Gasteiger partial charge in [-0.1, -0.05) is 0 Å². The van der Waals surface area contributed by atoms with Crippen LogP contribution in [-0.2, 0) is 9.53 Å². The molecule has 14 heavy (non-hydrogen) atoms. The monoisotopic (exact) mass is 200 g/mol. The van der Waals surface area contributed by atoms with E-state index in [0.717, 1.165) is 13.1 Å². The summed E-state index contributed by atoms with van der Waals surface area (Å²) >= 11 is 0. The van der Waals surface area contributed by atoms with Gasteiger partial charge in [-0.15, -0.1) is 0 Å². The summed E-state index contributed by atoms with van der Waals surface area (Å²) in [6, 6.07) is 0.859.